The maximum absolute atomic E-state index is 3.54. The normalized spacial score (nSPS) is 20.5. The third kappa shape index (κ3) is 2.90. The Morgan fingerprint density at radius 1 is 1.33 bits per heavy atom. The minimum absolute atomic E-state index is 0.430. The van der Waals surface area contributed by atoms with Crippen molar-refractivity contribution in [1.29, 1.82) is 0 Å². The summed E-state index contributed by atoms with van der Waals surface area (Å²) in [4.78, 5) is 2.54. The summed E-state index contributed by atoms with van der Waals surface area (Å²) in [5.41, 5.74) is 4.61. The Labute approximate surface area is 120 Å². The molecule has 0 bridgehead atoms. The molecule has 18 heavy (non-hydrogen) atoms. The first-order valence-corrected chi connectivity index (χ1v) is 7.94. The van der Waals surface area contributed by atoms with E-state index >= 15 is 0 Å². The Morgan fingerprint density at radius 2 is 2.06 bits per heavy atom. The van der Waals surface area contributed by atoms with Gasteiger partial charge in [-0.25, -0.2) is 0 Å². The Balaban J connectivity index is 2.12. The van der Waals surface area contributed by atoms with Crippen molar-refractivity contribution in [3.63, 3.8) is 0 Å². The highest BCUT2D eigenvalue weighted by Gasteiger charge is 2.31. The molecule has 1 atom stereocenters. The van der Waals surface area contributed by atoms with Crippen molar-refractivity contribution >= 4 is 21.6 Å². The SMILES string of the molecule is Cc1cc(N2CCC(C(C)(C)C)C2)ccc1CBr. The lowest BCUT2D eigenvalue weighted by atomic mass is 9.80. The zero-order chi connectivity index (χ0) is 13.3. The summed E-state index contributed by atoms with van der Waals surface area (Å²) in [7, 11) is 0. The van der Waals surface area contributed by atoms with E-state index in [9.17, 15) is 0 Å². The molecule has 1 heterocycles. The molecule has 0 saturated carbocycles. The van der Waals surface area contributed by atoms with Crippen LogP contribution in [0.4, 0.5) is 5.69 Å². The summed E-state index contributed by atoms with van der Waals surface area (Å²) in [6.45, 7) is 11.7. The van der Waals surface area contributed by atoms with Crippen molar-refractivity contribution in [3.8, 4) is 0 Å². The van der Waals surface area contributed by atoms with Crippen molar-refractivity contribution in [1.82, 2.24) is 0 Å². The molecule has 2 heteroatoms. The fourth-order valence-corrected chi connectivity index (χ4v) is 3.36. The first kappa shape index (κ1) is 13.9. The molecular weight excluding hydrogens is 286 g/mol. The smallest absolute Gasteiger partial charge is 0.0369 e. The van der Waals surface area contributed by atoms with E-state index in [1.54, 1.807) is 0 Å². The van der Waals surface area contributed by atoms with Crippen LogP contribution in [0.2, 0.25) is 0 Å². The fraction of sp³-hybridized carbons (Fsp3) is 0.625. The number of aryl methyl sites for hydroxylation is 1. The quantitative estimate of drug-likeness (QED) is 0.712. The number of rotatable bonds is 2. The van der Waals surface area contributed by atoms with Crippen molar-refractivity contribution < 1.29 is 0 Å². The van der Waals surface area contributed by atoms with Crippen LogP contribution in [0, 0.1) is 18.3 Å². The second kappa shape index (κ2) is 5.24. The Hall–Kier alpha value is -0.500. The largest absolute Gasteiger partial charge is 0.371 e. The molecule has 1 aromatic carbocycles. The predicted molar refractivity (Wildman–Crippen MR) is 83.6 cm³/mol. The molecule has 0 spiro atoms. The van der Waals surface area contributed by atoms with Crippen LogP contribution in [-0.2, 0) is 5.33 Å². The molecular formula is C16H24BrN. The molecule has 2 rings (SSSR count). The number of anilines is 1. The van der Waals surface area contributed by atoms with E-state index in [2.05, 4.69) is 66.7 Å². The van der Waals surface area contributed by atoms with E-state index in [4.69, 9.17) is 0 Å². The summed E-state index contributed by atoms with van der Waals surface area (Å²) in [5, 5.41) is 0.948. The van der Waals surface area contributed by atoms with Gasteiger partial charge in [-0.1, -0.05) is 42.8 Å². The molecule has 1 aromatic rings. The summed E-state index contributed by atoms with van der Waals surface area (Å²) >= 11 is 3.54. The molecule has 0 aliphatic carbocycles. The van der Waals surface area contributed by atoms with Gasteiger partial charge in [0.1, 0.15) is 0 Å². The molecule has 1 unspecified atom stereocenters. The number of benzene rings is 1. The van der Waals surface area contributed by atoms with Crippen LogP contribution >= 0.6 is 15.9 Å². The van der Waals surface area contributed by atoms with Crippen LogP contribution in [0.3, 0.4) is 0 Å². The summed E-state index contributed by atoms with van der Waals surface area (Å²) in [6, 6.07) is 6.86. The number of alkyl halides is 1. The van der Waals surface area contributed by atoms with Gasteiger partial charge in [-0.15, -0.1) is 0 Å². The van der Waals surface area contributed by atoms with Crippen molar-refractivity contribution in [2.24, 2.45) is 11.3 Å². The minimum atomic E-state index is 0.430. The second-order valence-electron chi connectivity index (χ2n) is 6.54. The monoisotopic (exact) mass is 309 g/mol. The standard InChI is InChI=1S/C16H24BrN/c1-12-9-15(6-5-13(12)10-17)18-8-7-14(11-18)16(2,3)4/h5-6,9,14H,7-8,10-11H2,1-4H3. The van der Waals surface area contributed by atoms with Gasteiger partial charge in [0.05, 0.1) is 0 Å². The molecule has 1 aliphatic heterocycles. The van der Waals surface area contributed by atoms with Gasteiger partial charge in [-0.05, 0) is 47.9 Å². The molecule has 0 radical (unpaired) electrons. The van der Waals surface area contributed by atoms with Gasteiger partial charge in [0.25, 0.3) is 0 Å². The molecule has 100 valence electrons. The highest BCUT2D eigenvalue weighted by molar-refractivity contribution is 9.08. The maximum Gasteiger partial charge on any atom is 0.0369 e. The van der Waals surface area contributed by atoms with E-state index < -0.39 is 0 Å². The van der Waals surface area contributed by atoms with Crippen LogP contribution in [0.25, 0.3) is 0 Å². The Morgan fingerprint density at radius 3 is 2.56 bits per heavy atom. The van der Waals surface area contributed by atoms with Gasteiger partial charge in [0, 0.05) is 24.1 Å². The zero-order valence-electron chi connectivity index (χ0n) is 12.0. The van der Waals surface area contributed by atoms with Gasteiger partial charge in [-0.3, -0.25) is 0 Å². The van der Waals surface area contributed by atoms with Crippen molar-refractivity contribution in [3.05, 3.63) is 29.3 Å². The molecule has 1 fully saturated rings. The Bertz CT molecular complexity index is 420. The van der Waals surface area contributed by atoms with E-state index in [0.717, 1.165) is 11.2 Å². The first-order chi connectivity index (χ1) is 8.41. The van der Waals surface area contributed by atoms with Gasteiger partial charge in [-0.2, -0.15) is 0 Å². The fourth-order valence-electron chi connectivity index (χ4n) is 2.73. The van der Waals surface area contributed by atoms with Crippen molar-refractivity contribution in [2.45, 2.75) is 39.4 Å². The molecule has 1 aliphatic rings. The van der Waals surface area contributed by atoms with Gasteiger partial charge in [0.15, 0.2) is 0 Å². The molecule has 1 saturated heterocycles. The maximum atomic E-state index is 3.54. The Kier molecular flexibility index (Phi) is 4.05. The zero-order valence-corrected chi connectivity index (χ0v) is 13.5. The lowest BCUT2D eigenvalue weighted by molar-refractivity contribution is 0.263. The highest BCUT2D eigenvalue weighted by Crippen LogP contribution is 2.36. The lowest BCUT2D eigenvalue weighted by Gasteiger charge is -2.27. The molecule has 0 amide bonds. The molecule has 1 nitrogen and oxygen atoms in total. The van der Waals surface area contributed by atoms with Crippen LogP contribution < -0.4 is 4.90 Å². The number of halogens is 1. The molecule has 0 N–H and O–H groups in total. The second-order valence-corrected chi connectivity index (χ2v) is 7.10. The first-order valence-electron chi connectivity index (χ1n) is 6.82. The van der Waals surface area contributed by atoms with Gasteiger partial charge < -0.3 is 4.90 Å². The van der Waals surface area contributed by atoms with E-state index in [1.165, 1.54) is 36.3 Å². The van der Waals surface area contributed by atoms with Crippen molar-refractivity contribution in [2.75, 3.05) is 18.0 Å². The van der Waals surface area contributed by atoms with Gasteiger partial charge >= 0.3 is 0 Å². The summed E-state index contributed by atoms with van der Waals surface area (Å²) < 4.78 is 0. The molecule has 0 aromatic heterocycles. The number of hydrogen-bond donors (Lipinski definition) is 0. The van der Waals surface area contributed by atoms with Crippen LogP contribution in [0.5, 0.6) is 0 Å². The minimum Gasteiger partial charge on any atom is -0.371 e. The summed E-state index contributed by atoms with van der Waals surface area (Å²) in [5.74, 6) is 0.814. The van der Waals surface area contributed by atoms with E-state index in [-0.39, 0.29) is 0 Å². The van der Waals surface area contributed by atoms with Crippen LogP contribution in [0.1, 0.15) is 38.3 Å². The van der Waals surface area contributed by atoms with Crippen LogP contribution in [-0.4, -0.2) is 13.1 Å². The van der Waals surface area contributed by atoms with E-state index in [1.807, 2.05) is 0 Å². The third-order valence-electron chi connectivity index (χ3n) is 4.25. The average molecular weight is 310 g/mol. The average Bonchev–Trinajstić information content (AvgIpc) is 2.77. The highest BCUT2D eigenvalue weighted by atomic mass is 79.9. The topological polar surface area (TPSA) is 3.24 Å². The number of nitrogens with zero attached hydrogens (tertiary/aromatic N) is 1. The summed E-state index contributed by atoms with van der Waals surface area (Å²) in [6.07, 6.45) is 1.32. The predicted octanol–water partition coefficient (Wildman–Crippen LogP) is 4.76. The third-order valence-corrected chi connectivity index (χ3v) is 4.85. The van der Waals surface area contributed by atoms with Gasteiger partial charge in [0.2, 0.25) is 0 Å². The number of hydrogen-bond acceptors (Lipinski definition) is 1. The van der Waals surface area contributed by atoms with Crippen LogP contribution in [0.15, 0.2) is 18.2 Å². The lowest BCUT2D eigenvalue weighted by Crippen LogP contribution is -2.25. The van der Waals surface area contributed by atoms with E-state index in [0.29, 0.717) is 5.41 Å².